The number of carbonyl (C=O) groups excluding carboxylic acids is 1. The predicted octanol–water partition coefficient (Wildman–Crippen LogP) is 5.60. The van der Waals surface area contributed by atoms with Crippen LogP contribution in [0.3, 0.4) is 0 Å². The normalized spacial score (nSPS) is 20.3. The molecule has 2 aromatic heterocycles. The van der Waals surface area contributed by atoms with Crippen LogP contribution in [0.4, 0.5) is 10.2 Å². The highest BCUT2D eigenvalue weighted by atomic mass is 19.1. The number of nitrogens with zero attached hydrogens (tertiary/aromatic N) is 7. The number of nitrogens with two attached hydrogens (primary N) is 1. The quantitative estimate of drug-likeness (QED) is 0.190. The van der Waals surface area contributed by atoms with E-state index in [1.54, 1.807) is 41.6 Å². The molecule has 0 saturated carbocycles. The molecule has 11 nitrogen and oxygen atoms in total. The number of anilines is 1. The van der Waals surface area contributed by atoms with Crippen molar-refractivity contribution in [3.8, 4) is 22.8 Å². The number of hydrogen-bond donors (Lipinski definition) is 1. The predicted molar refractivity (Wildman–Crippen MR) is 189 cm³/mol. The number of benzene rings is 2. The van der Waals surface area contributed by atoms with E-state index in [2.05, 4.69) is 40.4 Å². The molecule has 0 spiro atoms. The molecule has 50 heavy (non-hydrogen) atoms. The third kappa shape index (κ3) is 6.44. The van der Waals surface area contributed by atoms with E-state index in [-0.39, 0.29) is 34.4 Å². The Labute approximate surface area is 291 Å². The van der Waals surface area contributed by atoms with E-state index in [4.69, 9.17) is 26.8 Å². The van der Waals surface area contributed by atoms with Crippen LogP contribution in [0, 0.1) is 12.4 Å². The minimum Gasteiger partial charge on any atom is -0.457 e. The van der Waals surface area contributed by atoms with E-state index in [0.717, 1.165) is 52.2 Å². The summed E-state index contributed by atoms with van der Waals surface area (Å²) in [7, 11) is 0. The largest absolute Gasteiger partial charge is 0.457 e. The molecule has 4 aromatic rings. The van der Waals surface area contributed by atoms with Gasteiger partial charge in [-0.2, -0.15) is 0 Å². The van der Waals surface area contributed by atoms with Gasteiger partial charge in [-0.15, -0.1) is 0 Å². The van der Waals surface area contributed by atoms with Crippen LogP contribution in [0.5, 0.6) is 11.5 Å². The molecule has 3 fully saturated rings. The molecule has 1 amide bonds. The Morgan fingerprint density at radius 3 is 2.56 bits per heavy atom. The van der Waals surface area contributed by atoms with Crippen molar-refractivity contribution in [2.24, 2.45) is 0 Å². The monoisotopic (exact) mass is 678 g/mol. The van der Waals surface area contributed by atoms with Crippen molar-refractivity contribution in [3.05, 3.63) is 95.8 Å². The average Bonchev–Trinajstić information content (AvgIpc) is 3.50. The summed E-state index contributed by atoms with van der Waals surface area (Å²) in [5.41, 5.74) is 7.28. The average molecular weight is 679 g/mol. The number of likely N-dealkylation sites (tertiary alicyclic amines) is 1. The Balaban J connectivity index is 1.11. The van der Waals surface area contributed by atoms with Gasteiger partial charge in [0, 0.05) is 74.7 Å². The van der Waals surface area contributed by atoms with E-state index in [1.807, 2.05) is 28.7 Å². The van der Waals surface area contributed by atoms with Gasteiger partial charge >= 0.3 is 0 Å². The molecule has 0 bridgehead atoms. The van der Waals surface area contributed by atoms with Gasteiger partial charge in [0.15, 0.2) is 0 Å². The first-order valence-electron chi connectivity index (χ1n) is 17.2. The molecule has 0 unspecified atom stereocenters. The second kappa shape index (κ2) is 13.5. The molecule has 0 aliphatic carbocycles. The Hall–Kier alpha value is -4.83. The molecule has 3 aliphatic rings. The molecule has 260 valence electrons. The molecule has 5 heterocycles. The lowest BCUT2D eigenvalue weighted by Gasteiger charge is -2.52. The van der Waals surface area contributed by atoms with Crippen LogP contribution in [-0.2, 0) is 9.53 Å². The SMILES string of the molecule is [C-]#[N+]C(=CC(C)(C)N1CCN(C2(C)COC2)CC1)C(=O)N1CCC[C@@H](c2nc(-c3ccc(Oc4ccccc4)cc3F)c3c(N)nccn23)C1. The van der Waals surface area contributed by atoms with Crippen molar-refractivity contribution < 1.29 is 18.7 Å². The minimum absolute atomic E-state index is 0.105. The van der Waals surface area contributed by atoms with E-state index in [9.17, 15) is 4.79 Å². The number of carbonyl (C=O) groups is 1. The second-order valence-electron chi connectivity index (χ2n) is 14.3. The van der Waals surface area contributed by atoms with E-state index in [0.29, 0.717) is 41.6 Å². The number of piperazine rings is 1. The molecular weight excluding hydrogens is 635 g/mol. The summed E-state index contributed by atoms with van der Waals surface area (Å²) in [6.07, 6.45) is 6.71. The molecule has 2 N–H and O–H groups in total. The maximum absolute atomic E-state index is 15.7. The fraction of sp³-hybridized carbons (Fsp3) is 0.421. The number of imidazole rings is 1. The number of hydrogen-bond acceptors (Lipinski definition) is 8. The Morgan fingerprint density at radius 1 is 1.12 bits per heavy atom. The molecule has 7 rings (SSSR count). The number of amides is 1. The Kier molecular flexibility index (Phi) is 9.07. The van der Waals surface area contributed by atoms with Crippen molar-refractivity contribution in [3.63, 3.8) is 0 Å². The number of aromatic nitrogens is 3. The van der Waals surface area contributed by atoms with E-state index >= 15 is 4.39 Å². The van der Waals surface area contributed by atoms with Crippen molar-refractivity contribution in [1.82, 2.24) is 29.1 Å². The highest BCUT2D eigenvalue weighted by Crippen LogP contribution is 2.37. The lowest BCUT2D eigenvalue weighted by atomic mass is 9.94. The van der Waals surface area contributed by atoms with Gasteiger partial charge in [-0.25, -0.2) is 19.2 Å². The number of rotatable bonds is 8. The van der Waals surface area contributed by atoms with Crippen LogP contribution in [0.25, 0.3) is 21.6 Å². The summed E-state index contributed by atoms with van der Waals surface area (Å²) in [4.78, 5) is 33.5. The van der Waals surface area contributed by atoms with Crippen molar-refractivity contribution in [1.29, 1.82) is 0 Å². The van der Waals surface area contributed by atoms with Crippen LogP contribution >= 0.6 is 0 Å². The van der Waals surface area contributed by atoms with Crippen molar-refractivity contribution >= 4 is 17.2 Å². The maximum Gasteiger partial charge on any atom is 0.252 e. The van der Waals surface area contributed by atoms with Crippen LogP contribution in [0.1, 0.15) is 45.4 Å². The summed E-state index contributed by atoms with van der Waals surface area (Å²) in [6.45, 7) is 20.3. The van der Waals surface area contributed by atoms with Gasteiger partial charge in [0.05, 0.1) is 25.3 Å². The lowest BCUT2D eigenvalue weighted by molar-refractivity contribution is -0.142. The fourth-order valence-corrected chi connectivity index (χ4v) is 7.44. The van der Waals surface area contributed by atoms with Gasteiger partial charge in [0.25, 0.3) is 5.91 Å². The third-order valence-corrected chi connectivity index (χ3v) is 10.4. The lowest BCUT2D eigenvalue weighted by Crippen LogP contribution is -2.66. The molecular formula is C38H43FN8O3. The van der Waals surface area contributed by atoms with Crippen LogP contribution in [0.2, 0.25) is 0 Å². The minimum atomic E-state index is -0.504. The molecule has 0 radical (unpaired) electrons. The topological polar surface area (TPSA) is 106 Å². The zero-order valence-electron chi connectivity index (χ0n) is 28.8. The standard InChI is InChI=1S/C38H43FN8O3/c1-37(2,45-17-19-46(20-18-45)38(3)24-49-25-38)22-31(41-4)36(48)44-15-8-9-26(23-44)35-43-32(33-34(40)42-14-16-47(33)35)29-13-12-28(21-30(29)39)50-27-10-6-5-7-11-27/h5-7,10-14,16,21-22,26H,8-9,15,17-20,23-25H2,1-3H3,(H2,40,42)/t26-/m1/s1. The number of ether oxygens (including phenoxy) is 2. The highest BCUT2D eigenvalue weighted by Gasteiger charge is 2.42. The van der Waals surface area contributed by atoms with Gasteiger partial charge in [-0.05, 0) is 57.9 Å². The summed E-state index contributed by atoms with van der Waals surface area (Å²) in [5, 5.41) is 0. The second-order valence-corrected chi connectivity index (χ2v) is 14.3. The number of halogens is 1. The smallest absolute Gasteiger partial charge is 0.252 e. The third-order valence-electron chi connectivity index (χ3n) is 10.4. The first kappa shape index (κ1) is 33.7. The molecule has 2 aromatic carbocycles. The van der Waals surface area contributed by atoms with Crippen LogP contribution in [-0.4, -0.2) is 98.5 Å². The Morgan fingerprint density at radius 2 is 1.88 bits per heavy atom. The Bertz CT molecular complexity index is 1960. The zero-order valence-corrected chi connectivity index (χ0v) is 28.8. The van der Waals surface area contributed by atoms with Gasteiger partial charge < -0.3 is 20.1 Å². The zero-order chi connectivity index (χ0) is 35.0. The summed E-state index contributed by atoms with van der Waals surface area (Å²) < 4.78 is 28.9. The van der Waals surface area contributed by atoms with Gasteiger partial charge in [-0.3, -0.25) is 19.0 Å². The van der Waals surface area contributed by atoms with Gasteiger partial charge in [-0.1, -0.05) is 24.3 Å². The number of piperidine rings is 1. The molecule has 12 heteroatoms. The van der Waals surface area contributed by atoms with E-state index < -0.39 is 11.4 Å². The summed E-state index contributed by atoms with van der Waals surface area (Å²) >= 11 is 0. The van der Waals surface area contributed by atoms with E-state index in [1.165, 1.54) is 6.07 Å². The van der Waals surface area contributed by atoms with Crippen molar-refractivity contribution in [2.75, 3.05) is 58.2 Å². The van der Waals surface area contributed by atoms with Gasteiger partial charge in [0.1, 0.15) is 40.2 Å². The summed E-state index contributed by atoms with van der Waals surface area (Å²) in [5.74, 6) is 0.915. The van der Waals surface area contributed by atoms with Crippen LogP contribution < -0.4 is 10.5 Å². The molecule has 3 saturated heterocycles. The number of nitrogen functional groups attached to an aromatic ring is 1. The first-order chi connectivity index (χ1) is 24.1. The first-order valence-corrected chi connectivity index (χ1v) is 17.2. The molecule has 3 aliphatic heterocycles. The van der Waals surface area contributed by atoms with Crippen molar-refractivity contribution in [2.45, 2.75) is 50.6 Å². The maximum atomic E-state index is 15.7. The summed E-state index contributed by atoms with van der Waals surface area (Å²) in [6, 6.07) is 13.9. The fourth-order valence-electron chi connectivity index (χ4n) is 7.44. The highest BCUT2D eigenvalue weighted by molar-refractivity contribution is 5.95. The van der Waals surface area contributed by atoms with Crippen LogP contribution in [0.15, 0.2) is 72.7 Å². The van der Waals surface area contributed by atoms with Gasteiger partial charge in [0.2, 0.25) is 5.70 Å². The number of fused-ring (bicyclic) bond motifs is 1. The number of para-hydroxylation sites is 1. The molecule has 1 atom stereocenters.